The van der Waals surface area contributed by atoms with Gasteiger partial charge in [-0.05, 0) is 11.8 Å². The SMILES string of the molecule is CC1CNC(=O)CC1CO. The fraction of sp³-hybridized carbons (Fsp3) is 0.857. The number of carbonyl (C=O) groups excluding carboxylic acids is 1. The van der Waals surface area contributed by atoms with Gasteiger partial charge in [0.2, 0.25) is 5.91 Å². The summed E-state index contributed by atoms with van der Waals surface area (Å²) in [6, 6.07) is 0. The third kappa shape index (κ3) is 1.48. The van der Waals surface area contributed by atoms with Crippen LogP contribution in [0.5, 0.6) is 0 Å². The van der Waals surface area contributed by atoms with E-state index < -0.39 is 0 Å². The molecule has 0 saturated carbocycles. The van der Waals surface area contributed by atoms with Gasteiger partial charge in [0.25, 0.3) is 0 Å². The van der Waals surface area contributed by atoms with Gasteiger partial charge in [-0.3, -0.25) is 4.79 Å². The van der Waals surface area contributed by atoms with Crippen LogP contribution in [-0.4, -0.2) is 24.2 Å². The zero-order valence-corrected chi connectivity index (χ0v) is 6.13. The van der Waals surface area contributed by atoms with Gasteiger partial charge in [0.15, 0.2) is 0 Å². The van der Waals surface area contributed by atoms with Crippen molar-refractivity contribution in [2.75, 3.05) is 13.2 Å². The zero-order chi connectivity index (χ0) is 7.56. The van der Waals surface area contributed by atoms with E-state index in [1.807, 2.05) is 6.92 Å². The van der Waals surface area contributed by atoms with Crippen LogP contribution in [0.15, 0.2) is 0 Å². The van der Waals surface area contributed by atoms with Crippen LogP contribution in [-0.2, 0) is 4.79 Å². The Morgan fingerprint density at radius 3 is 3.00 bits per heavy atom. The second-order valence-electron chi connectivity index (χ2n) is 2.93. The maximum absolute atomic E-state index is 10.8. The first-order chi connectivity index (χ1) is 4.74. The molecule has 1 rings (SSSR count). The molecule has 0 spiro atoms. The predicted octanol–water partition coefficient (Wildman–Crippen LogP) is -0.249. The van der Waals surface area contributed by atoms with Crippen LogP contribution >= 0.6 is 0 Å². The largest absolute Gasteiger partial charge is 0.396 e. The fourth-order valence-electron chi connectivity index (χ4n) is 1.20. The molecule has 0 aromatic rings. The van der Waals surface area contributed by atoms with Gasteiger partial charge in [-0.15, -0.1) is 0 Å². The van der Waals surface area contributed by atoms with Crippen molar-refractivity contribution in [3.05, 3.63) is 0 Å². The van der Waals surface area contributed by atoms with Gasteiger partial charge < -0.3 is 10.4 Å². The molecule has 10 heavy (non-hydrogen) atoms. The van der Waals surface area contributed by atoms with Crippen molar-refractivity contribution in [3.63, 3.8) is 0 Å². The van der Waals surface area contributed by atoms with Gasteiger partial charge in [0.05, 0.1) is 0 Å². The second kappa shape index (κ2) is 3.01. The number of aliphatic hydroxyl groups is 1. The molecule has 0 bridgehead atoms. The van der Waals surface area contributed by atoms with E-state index in [2.05, 4.69) is 5.32 Å². The molecule has 3 heteroatoms. The lowest BCUT2D eigenvalue weighted by Gasteiger charge is -2.26. The number of piperidine rings is 1. The molecule has 1 saturated heterocycles. The highest BCUT2D eigenvalue weighted by atomic mass is 16.3. The van der Waals surface area contributed by atoms with Crippen molar-refractivity contribution in [1.82, 2.24) is 5.32 Å². The molecule has 1 aliphatic rings. The number of nitrogens with one attached hydrogen (secondary N) is 1. The summed E-state index contributed by atoms with van der Waals surface area (Å²) in [4.78, 5) is 10.8. The van der Waals surface area contributed by atoms with E-state index in [1.54, 1.807) is 0 Å². The van der Waals surface area contributed by atoms with E-state index in [-0.39, 0.29) is 18.4 Å². The van der Waals surface area contributed by atoms with Crippen LogP contribution in [0.25, 0.3) is 0 Å². The number of rotatable bonds is 1. The summed E-state index contributed by atoms with van der Waals surface area (Å²) >= 11 is 0. The number of amides is 1. The summed E-state index contributed by atoms with van der Waals surface area (Å²) in [7, 11) is 0. The molecule has 1 aliphatic heterocycles. The van der Waals surface area contributed by atoms with Crippen molar-refractivity contribution in [2.45, 2.75) is 13.3 Å². The van der Waals surface area contributed by atoms with Crippen molar-refractivity contribution in [3.8, 4) is 0 Å². The topological polar surface area (TPSA) is 49.3 Å². The standard InChI is InChI=1S/C7H13NO2/c1-5-3-8-7(10)2-6(5)4-9/h5-6,9H,2-4H2,1H3,(H,8,10). The van der Waals surface area contributed by atoms with Crippen molar-refractivity contribution in [2.24, 2.45) is 11.8 Å². The highest BCUT2D eigenvalue weighted by Gasteiger charge is 2.24. The molecule has 0 radical (unpaired) electrons. The number of aliphatic hydroxyl groups excluding tert-OH is 1. The molecule has 58 valence electrons. The molecule has 2 unspecified atom stereocenters. The minimum atomic E-state index is 0.0668. The van der Waals surface area contributed by atoms with E-state index in [9.17, 15) is 4.79 Å². The van der Waals surface area contributed by atoms with Gasteiger partial charge in [-0.25, -0.2) is 0 Å². The lowest BCUT2D eigenvalue weighted by molar-refractivity contribution is -0.125. The van der Waals surface area contributed by atoms with Crippen LogP contribution in [0, 0.1) is 11.8 Å². The molecular weight excluding hydrogens is 130 g/mol. The molecule has 1 fully saturated rings. The summed E-state index contributed by atoms with van der Waals surface area (Å²) in [5.74, 6) is 0.661. The summed E-state index contributed by atoms with van der Waals surface area (Å²) < 4.78 is 0. The lowest BCUT2D eigenvalue weighted by Crippen LogP contribution is -2.40. The minimum absolute atomic E-state index is 0.0668. The highest BCUT2D eigenvalue weighted by Crippen LogP contribution is 2.17. The smallest absolute Gasteiger partial charge is 0.220 e. The number of hydrogen-bond donors (Lipinski definition) is 2. The molecule has 0 aromatic heterocycles. The molecule has 0 aliphatic carbocycles. The molecule has 1 amide bonds. The Labute approximate surface area is 60.4 Å². The summed E-state index contributed by atoms with van der Waals surface area (Å²) in [5, 5.41) is 11.5. The van der Waals surface area contributed by atoms with E-state index >= 15 is 0 Å². The first-order valence-electron chi connectivity index (χ1n) is 3.61. The van der Waals surface area contributed by atoms with E-state index in [4.69, 9.17) is 5.11 Å². The summed E-state index contributed by atoms with van der Waals surface area (Å²) in [6.07, 6.45) is 0.484. The molecule has 3 nitrogen and oxygen atoms in total. The maximum atomic E-state index is 10.8. The molecule has 2 atom stereocenters. The van der Waals surface area contributed by atoms with E-state index in [0.29, 0.717) is 18.9 Å². The molecule has 0 aromatic carbocycles. The third-order valence-electron chi connectivity index (χ3n) is 2.11. The lowest BCUT2D eigenvalue weighted by atomic mass is 9.88. The second-order valence-corrected chi connectivity index (χ2v) is 2.93. The van der Waals surface area contributed by atoms with Crippen molar-refractivity contribution < 1.29 is 9.90 Å². The van der Waals surface area contributed by atoms with Crippen LogP contribution in [0.3, 0.4) is 0 Å². The normalized spacial score (nSPS) is 33.6. The quantitative estimate of drug-likeness (QED) is 0.532. The Hall–Kier alpha value is -0.570. The van der Waals surface area contributed by atoms with Gasteiger partial charge in [-0.2, -0.15) is 0 Å². The molecule has 1 heterocycles. The fourth-order valence-corrected chi connectivity index (χ4v) is 1.20. The molecule has 2 N–H and O–H groups in total. The van der Waals surface area contributed by atoms with Crippen LogP contribution in [0.4, 0.5) is 0 Å². The van der Waals surface area contributed by atoms with Gasteiger partial charge in [0.1, 0.15) is 0 Å². The summed E-state index contributed by atoms with van der Waals surface area (Å²) in [5.41, 5.74) is 0. The summed E-state index contributed by atoms with van der Waals surface area (Å²) in [6.45, 7) is 2.89. The highest BCUT2D eigenvalue weighted by molar-refractivity contribution is 5.76. The Balaban J connectivity index is 2.45. The van der Waals surface area contributed by atoms with Crippen molar-refractivity contribution >= 4 is 5.91 Å². The van der Waals surface area contributed by atoms with Crippen LogP contribution in [0.1, 0.15) is 13.3 Å². The monoisotopic (exact) mass is 143 g/mol. The van der Waals surface area contributed by atoms with Gasteiger partial charge >= 0.3 is 0 Å². The van der Waals surface area contributed by atoms with E-state index in [0.717, 1.165) is 0 Å². The average molecular weight is 143 g/mol. The Morgan fingerprint density at radius 1 is 1.80 bits per heavy atom. The first kappa shape index (κ1) is 7.54. The number of carbonyl (C=O) groups is 1. The maximum Gasteiger partial charge on any atom is 0.220 e. The Kier molecular flexibility index (Phi) is 2.27. The Bertz CT molecular complexity index is 136. The third-order valence-corrected chi connectivity index (χ3v) is 2.11. The van der Waals surface area contributed by atoms with Crippen LogP contribution < -0.4 is 5.32 Å². The van der Waals surface area contributed by atoms with Gasteiger partial charge in [-0.1, -0.05) is 6.92 Å². The number of hydrogen-bond acceptors (Lipinski definition) is 2. The predicted molar refractivity (Wildman–Crippen MR) is 37.4 cm³/mol. The Morgan fingerprint density at radius 2 is 2.50 bits per heavy atom. The first-order valence-corrected chi connectivity index (χ1v) is 3.61. The van der Waals surface area contributed by atoms with Gasteiger partial charge in [0, 0.05) is 19.6 Å². The zero-order valence-electron chi connectivity index (χ0n) is 6.13. The van der Waals surface area contributed by atoms with E-state index in [1.165, 1.54) is 0 Å². The molecular formula is C7H13NO2. The average Bonchev–Trinajstić information content (AvgIpc) is 1.94. The van der Waals surface area contributed by atoms with Crippen LogP contribution in [0.2, 0.25) is 0 Å². The van der Waals surface area contributed by atoms with Crippen molar-refractivity contribution in [1.29, 1.82) is 0 Å². The minimum Gasteiger partial charge on any atom is -0.396 e.